The monoisotopic (exact) mass is 465 g/mol. The third kappa shape index (κ3) is 4.00. The Labute approximate surface area is 189 Å². The number of halogens is 2. The van der Waals surface area contributed by atoms with E-state index in [0.717, 1.165) is 19.3 Å². The van der Waals surface area contributed by atoms with Crippen LogP contribution in [0.3, 0.4) is 0 Å². The number of aryl methyl sites for hydroxylation is 2. The molecule has 0 amide bonds. The van der Waals surface area contributed by atoms with Gasteiger partial charge >= 0.3 is 5.69 Å². The van der Waals surface area contributed by atoms with Crippen molar-refractivity contribution in [2.24, 2.45) is 20.0 Å². The van der Waals surface area contributed by atoms with Crippen molar-refractivity contribution in [1.82, 2.24) is 18.7 Å². The Hall–Kier alpha value is -2.29. The van der Waals surface area contributed by atoms with Crippen molar-refractivity contribution in [3.05, 3.63) is 54.6 Å². The summed E-state index contributed by atoms with van der Waals surface area (Å²) in [6.45, 7) is 1.89. The number of anilines is 1. The van der Waals surface area contributed by atoms with E-state index in [1.807, 2.05) is 6.92 Å². The van der Waals surface area contributed by atoms with Crippen LogP contribution >= 0.6 is 23.2 Å². The van der Waals surface area contributed by atoms with E-state index in [1.165, 1.54) is 9.13 Å². The predicted octanol–water partition coefficient (Wildman–Crippen LogP) is 2.75. The summed E-state index contributed by atoms with van der Waals surface area (Å²) >= 11 is 12.1. The molecule has 166 valence electrons. The first kappa shape index (κ1) is 21.9. The summed E-state index contributed by atoms with van der Waals surface area (Å²) in [7, 11) is 3.36. The topological polar surface area (TPSA) is 94.1 Å². The molecule has 10 heteroatoms. The lowest BCUT2D eigenvalue weighted by molar-refractivity contribution is 0.128. The van der Waals surface area contributed by atoms with Crippen LogP contribution in [0.2, 0.25) is 10.0 Å². The van der Waals surface area contributed by atoms with Crippen LogP contribution in [0.1, 0.15) is 31.7 Å². The number of fused-ring (bicyclic) bond motifs is 1. The number of rotatable bonds is 5. The molecule has 8 nitrogen and oxygen atoms in total. The van der Waals surface area contributed by atoms with Gasteiger partial charge in [0.15, 0.2) is 11.2 Å². The van der Waals surface area contributed by atoms with Crippen molar-refractivity contribution in [2.45, 2.75) is 44.9 Å². The third-order valence-corrected chi connectivity index (χ3v) is 6.91. The highest BCUT2D eigenvalue weighted by Crippen LogP contribution is 2.30. The van der Waals surface area contributed by atoms with E-state index >= 15 is 0 Å². The summed E-state index contributed by atoms with van der Waals surface area (Å²) < 4.78 is 4.25. The number of nitrogens with one attached hydrogen (secondary N) is 1. The van der Waals surface area contributed by atoms with Crippen LogP contribution in [0, 0.1) is 5.92 Å². The van der Waals surface area contributed by atoms with Gasteiger partial charge in [0.25, 0.3) is 5.56 Å². The van der Waals surface area contributed by atoms with E-state index in [9.17, 15) is 14.7 Å². The summed E-state index contributed by atoms with van der Waals surface area (Å²) in [6, 6.07) is 5.18. The first-order chi connectivity index (χ1) is 14.7. The van der Waals surface area contributed by atoms with Gasteiger partial charge in [0.05, 0.1) is 22.7 Å². The SMILES string of the molecule is CC(O)C1CCC(Nc2nc3c(c(=O)n(Cc4ccc(Cl)c(Cl)c4)c(=O)n3C)n2C)C1. The molecule has 4 rings (SSSR count). The number of imidazole rings is 1. The Bertz CT molecular complexity index is 1260. The molecule has 0 radical (unpaired) electrons. The molecule has 31 heavy (non-hydrogen) atoms. The van der Waals surface area contributed by atoms with E-state index in [-0.39, 0.29) is 24.6 Å². The minimum absolute atomic E-state index is 0.0744. The molecule has 1 saturated carbocycles. The number of hydrogen-bond donors (Lipinski definition) is 2. The van der Waals surface area contributed by atoms with Gasteiger partial charge in [0, 0.05) is 20.1 Å². The molecule has 2 N–H and O–H groups in total. The predicted molar refractivity (Wildman–Crippen MR) is 122 cm³/mol. The molecule has 2 heterocycles. The van der Waals surface area contributed by atoms with Crippen LogP contribution in [-0.2, 0) is 20.6 Å². The van der Waals surface area contributed by atoms with E-state index in [1.54, 1.807) is 36.9 Å². The molecule has 3 aromatic rings. The maximum atomic E-state index is 13.2. The molecule has 1 aliphatic rings. The zero-order chi connectivity index (χ0) is 22.4. The van der Waals surface area contributed by atoms with Crippen LogP contribution < -0.4 is 16.6 Å². The average Bonchev–Trinajstić information content (AvgIpc) is 3.32. The maximum Gasteiger partial charge on any atom is 0.332 e. The number of nitrogens with zero attached hydrogens (tertiary/aromatic N) is 4. The van der Waals surface area contributed by atoms with Crippen LogP contribution in [0.5, 0.6) is 0 Å². The summed E-state index contributed by atoms with van der Waals surface area (Å²) in [5, 5.41) is 14.0. The molecule has 0 aliphatic heterocycles. The van der Waals surface area contributed by atoms with E-state index in [4.69, 9.17) is 23.2 Å². The number of aliphatic hydroxyl groups excluding tert-OH is 1. The maximum absolute atomic E-state index is 13.2. The first-order valence-electron chi connectivity index (χ1n) is 10.2. The molecule has 0 saturated heterocycles. The number of hydrogen-bond acceptors (Lipinski definition) is 5. The number of benzene rings is 1. The van der Waals surface area contributed by atoms with Crippen LogP contribution in [-0.4, -0.2) is 35.9 Å². The molecule has 1 aliphatic carbocycles. The van der Waals surface area contributed by atoms with Crippen LogP contribution in [0.4, 0.5) is 5.95 Å². The lowest BCUT2D eigenvalue weighted by Gasteiger charge is -2.15. The highest BCUT2D eigenvalue weighted by atomic mass is 35.5. The summed E-state index contributed by atoms with van der Waals surface area (Å²) in [4.78, 5) is 30.7. The van der Waals surface area contributed by atoms with E-state index in [2.05, 4.69) is 10.3 Å². The second-order valence-corrected chi connectivity index (χ2v) is 9.12. The highest BCUT2D eigenvalue weighted by molar-refractivity contribution is 6.42. The zero-order valence-corrected chi connectivity index (χ0v) is 19.1. The lowest BCUT2D eigenvalue weighted by atomic mass is 10.0. The zero-order valence-electron chi connectivity index (χ0n) is 17.6. The standard InChI is InChI=1S/C21H25Cl2N5O3/c1-11(29)13-5-6-14(9-13)24-20-25-18-17(26(20)2)19(30)28(21(31)27(18)3)10-12-4-7-15(22)16(23)8-12/h4,7-8,11,13-14,29H,5-6,9-10H2,1-3H3,(H,24,25). The first-order valence-corrected chi connectivity index (χ1v) is 11.0. The van der Waals surface area contributed by atoms with Crippen molar-refractivity contribution in [1.29, 1.82) is 0 Å². The quantitative estimate of drug-likeness (QED) is 0.603. The third-order valence-electron chi connectivity index (χ3n) is 6.17. The van der Waals surface area contributed by atoms with Gasteiger partial charge in [-0.1, -0.05) is 29.3 Å². The van der Waals surface area contributed by atoms with Crippen molar-refractivity contribution in [3.63, 3.8) is 0 Å². The molecular weight excluding hydrogens is 441 g/mol. The number of aromatic nitrogens is 4. The Morgan fingerprint density at radius 3 is 2.58 bits per heavy atom. The van der Waals surface area contributed by atoms with Gasteiger partial charge in [-0.25, -0.2) is 4.79 Å². The lowest BCUT2D eigenvalue weighted by Crippen LogP contribution is -2.39. The molecule has 1 aromatic carbocycles. The molecule has 0 bridgehead atoms. The van der Waals surface area contributed by atoms with Crippen molar-refractivity contribution in [2.75, 3.05) is 5.32 Å². The Morgan fingerprint density at radius 2 is 1.94 bits per heavy atom. The minimum atomic E-state index is -0.455. The van der Waals surface area contributed by atoms with Crippen molar-refractivity contribution < 1.29 is 5.11 Å². The molecular formula is C21H25Cl2N5O3. The molecule has 3 atom stereocenters. The van der Waals surface area contributed by atoms with Crippen LogP contribution in [0.25, 0.3) is 11.2 Å². The van der Waals surface area contributed by atoms with Crippen molar-refractivity contribution in [3.8, 4) is 0 Å². The van der Waals surface area contributed by atoms with Gasteiger partial charge in [-0.2, -0.15) is 4.98 Å². The Kier molecular flexibility index (Phi) is 5.89. The Balaban J connectivity index is 1.72. The van der Waals surface area contributed by atoms with Gasteiger partial charge in [-0.05, 0) is 49.8 Å². The summed E-state index contributed by atoms with van der Waals surface area (Å²) in [6.07, 6.45) is 2.34. The fourth-order valence-electron chi connectivity index (χ4n) is 4.30. The fourth-order valence-corrected chi connectivity index (χ4v) is 4.62. The molecule has 2 aromatic heterocycles. The smallest absolute Gasteiger partial charge is 0.332 e. The second kappa shape index (κ2) is 8.33. The second-order valence-electron chi connectivity index (χ2n) is 8.30. The highest BCUT2D eigenvalue weighted by Gasteiger charge is 2.29. The van der Waals surface area contributed by atoms with Gasteiger partial charge in [-0.3, -0.25) is 13.9 Å². The van der Waals surface area contributed by atoms with Crippen LogP contribution in [0.15, 0.2) is 27.8 Å². The summed E-state index contributed by atoms with van der Waals surface area (Å²) in [5.41, 5.74) is 0.498. The van der Waals surface area contributed by atoms with Gasteiger partial charge in [0.1, 0.15) is 0 Å². The van der Waals surface area contributed by atoms with E-state index < -0.39 is 11.2 Å². The summed E-state index contributed by atoms with van der Waals surface area (Å²) in [5.74, 6) is 0.783. The van der Waals surface area contributed by atoms with Gasteiger partial charge in [0.2, 0.25) is 5.95 Å². The number of aliphatic hydroxyl groups is 1. The van der Waals surface area contributed by atoms with E-state index in [0.29, 0.717) is 32.7 Å². The molecule has 3 unspecified atom stereocenters. The van der Waals surface area contributed by atoms with Gasteiger partial charge < -0.3 is 15.0 Å². The van der Waals surface area contributed by atoms with Gasteiger partial charge in [-0.15, -0.1) is 0 Å². The molecule has 1 fully saturated rings. The molecule has 0 spiro atoms. The Morgan fingerprint density at radius 1 is 1.19 bits per heavy atom. The minimum Gasteiger partial charge on any atom is -0.393 e. The fraction of sp³-hybridized carbons (Fsp3) is 0.476. The largest absolute Gasteiger partial charge is 0.393 e. The average molecular weight is 466 g/mol. The normalized spacial score (nSPS) is 19.8. The van der Waals surface area contributed by atoms with Crippen molar-refractivity contribution >= 4 is 40.3 Å².